The minimum atomic E-state index is 0.334. The van der Waals surface area contributed by atoms with Crippen LogP contribution in [-0.2, 0) is 0 Å². The van der Waals surface area contributed by atoms with Gasteiger partial charge in [-0.15, -0.1) is 5.10 Å². The van der Waals surface area contributed by atoms with Gasteiger partial charge in [-0.1, -0.05) is 41.6 Å². The first kappa shape index (κ1) is 9.70. The second kappa shape index (κ2) is 4.59. The van der Waals surface area contributed by atoms with Gasteiger partial charge < -0.3 is 0 Å². The molecule has 1 heterocycles. The van der Waals surface area contributed by atoms with Crippen LogP contribution < -0.4 is 0 Å². The van der Waals surface area contributed by atoms with E-state index in [9.17, 15) is 0 Å². The van der Waals surface area contributed by atoms with E-state index in [-0.39, 0.29) is 0 Å². The summed E-state index contributed by atoms with van der Waals surface area (Å²) in [5.74, 6) is 5.94. The van der Waals surface area contributed by atoms with Crippen molar-refractivity contribution in [2.45, 2.75) is 0 Å². The van der Waals surface area contributed by atoms with Crippen LogP contribution in [-0.4, -0.2) is 10.2 Å². The maximum absolute atomic E-state index is 5.81. The van der Waals surface area contributed by atoms with Gasteiger partial charge in [-0.25, -0.2) is 0 Å². The van der Waals surface area contributed by atoms with E-state index >= 15 is 0 Å². The number of aromatic nitrogens is 2. The molecule has 0 aliphatic rings. The Morgan fingerprint density at radius 3 is 2.53 bits per heavy atom. The number of hydrogen-bond donors (Lipinski definition) is 0. The van der Waals surface area contributed by atoms with Crippen molar-refractivity contribution in [2.24, 2.45) is 0 Å². The van der Waals surface area contributed by atoms with E-state index in [1.807, 2.05) is 30.3 Å². The highest BCUT2D eigenvalue weighted by molar-refractivity contribution is 6.30. The molecule has 0 unspecified atom stereocenters. The Balaban J connectivity index is 2.31. The zero-order valence-corrected chi connectivity index (χ0v) is 8.57. The maximum Gasteiger partial charge on any atom is 0.167 e. The predicted molar refractivity (Wildman–Crippen MR) is 59.5 cm³/mol. The number of hydrogen-bond acceptors (Lipinski definition) is 2. The fraction of sp³-hybridized carbons (Fsp3) is 0. The first-order valence-corrected chi connectivity index (χ1v) is 4.78. The number of benzene rings is 1. The van der Waals surface area contributed by atoms with Gasteiger partial charge >= 0.3 is 0 Å². The van der Waals surface area contributed by atoms with E-state index in [4.69, 9.17) is 11.6 Å². The molecule has 15 heavy (non-hydrogen) atoms. The zero-order valence-electron chi connectivity index (χ0n) is 7.81. The third-order valence-electron chi connectivity index (χ3n) is 1.79. The fourth-order valence-corrected chi connectivity index (χ4v) is 1.22. The van der Waals surface area contributed by atoms with E-state index < -0.39 is 0 Å². The molecule has 0 radical (unpaired) electrons. The summed E-state index contributed by atoms with van der Waals surface area (Å²) in [5.41, 5.74) is 1.64. The Morgan fingerprint density at radius 2 is 1.80 bits per heavy atom. The largest absolute Gasteiger partial charge is 0.167 e. The van der Waals surface area contributed by atoms with E-state index in [0.29, 0.717) is 10.7 Å². The monoisotopic (exact) mass is 214 g/mol. The summed E-state index contributed by atoms with van der Waals surface area (Å²) in [4.78, 5) is 0. The van der Waals surface area contributed by atoms with Crippen molar-refractivity contribution in [1.82, 2.24) is 10.2 Å². The molecule has 0 amide bonds. The molecule has 72 valence electrons. The van der Waals surface area contributed by atoms with Gasteiger partial charge in [0.2, 0.25) is 0 Å². The lowest BCUT2D eigenvalue weighted by Crippen LogP contribution is -1.84. The number of halogens is 1. The third-order valence-corrected chi connectivity index (χ3v) is 2.07. The summed E-state index contributed by atoms with van der Waals surface area (Å²) in [7, 11) is 0. The van der Waals surface area contributed by atoms with Crippen LogP contribution in [0.15, 0.2) is 42.6 Å². The van der Waals surface area contributed by atoms with Crippen LogP contribution in [0, 0.1) is 11.8 Å². The molecule has 1 aromatic carbocycles. The lowest BCUT2D eigenvalue weighted by molar-refractivity contribution is 1.03. The predicted octanol–water partition coefficient (Wildman–Crippen LogP) is 2.53. The molecule has 0 spiro atoms. The van der Waals surface area contributed by atoms with E-state index in [2.05, 4.69) is 22.0 Å². The molecule has 1 aromatic heterocycles. The van der Waals surface area contributed by atoms with E-state index in [1.54, 1.807) is 12.3 Å². The molecule has 2 rings (SSSR count). The first-order valence-electron chi connectivity index (χ1n) is 4.40. The molecular formula is C12H7ClN2. The van der Waals surface area contributed by atoms with Gasteiger partial charge in [-0.2, -0.15) is 5.10 Å². The van der Waals surface area contributed by atoms with Crippen LogP contribution in [0.25, 0.3) is 0 Å². The van der Waals surface area contributed by atoms with Crippen LogP contribution in [0.5, 0.6) is 0 Å². The van der Waals surface area contributed by atoms with Crippen LogP contribution in [0.4, 0.5) is 0 Å². The molecule has 0 bridgehead atoms. The average Bonchev–Trinajstić information content (AvgIpc) is 2.29. The van der Waals surface area contributed by atoms with Crippen LogP contribution in [0.3, 0.4) is 0 Å². The molecule has 0 aliphatic carbocycles. The SMILES string of the molecule is Clc1nnccc1C#Cc1ccccc1. The van der Waals surface area contributed by atoms with Crippen molar-refractivity contribution in [3.05, 3.63) is 58.9 Å². The smallest absolute Gasteiger partial charge is 0.158 e. The second-order valence-electron chi connectivity index (χ2n) is 2.85. The highest BCUT2D eigenvalue weighted by Gasteiger charge is 1.95. The standard InChI is InChI=1S/C12H7ClN2/c13-12-11(8-9-14-15-12)7-6-10-4-2-1-3-5-10/h1-5,8-9H. The molecule has 0 aliphatic heterocycles. The molecular weight excluding hydrogens is 208 g/mol. The summed E-state index contributed by atoms with van der Waals surface area (Å²) < 4.78 is 0. The van der Waals surface area contributed by atoms with Gasteiger partial charge in [0.25, 0.3) is 0 Å². The van der Waals surface area contributed by atoms with Crippen LogP contribution in [0.1, 0.15) is 11.1 Å². The molecule has 2 nitrogen and oxygen atoms in total. The van der Waals surface area contributed by atoms with Gasteiger partial charge in [-0.3, -0.25) is 0 Å². The highest BCUT2D eigenvalue weighted by Crippen LogP contribution is 2.08. The normalized spacial score (nSPS) is 9.13. The fourth-order valence-electron chi connectivity index (χ4n) is 1.07. The molecule has 2 aromatic rings. The molecule has 0 N–H and O–H groups in total. The van der Waals surface area contributed by atoms with E-state index in [1.165, 1.54) is 0 Å². The average molecular weight is 215 g/mol. The Kier molecular flexibility index (Phi) is 2.96. The highest BCUT2D eigenvalue weighted by atomic mass is 35.5. The summed E-state index contributed by atoms with van der Waals surface area (Å²) >= 11 is 5.81. The van der Waals surface area contributed by atoms with Crippen molar-refractivity contribution in [3.63, 3.8) is 0 Å². The maximum atomic E-state index is 5.81. The van der Waals surface area contributed by atoms with Gasteiger partial charge in [-0.05, 0) is 18.2 Å². The lowest BCUT2D eigenvalue weighted by atomic mass is 10.2. The minimum Gasteiger partial charge on any atom is -0.158 e. The molecule has 3 heteroatoms. The Hall–Kier alpha value is -1.85. The van der Waals surface area contributed by atoms with Crippen molar-refractivity contribution in [3.8, 4) is 11.8 Å². The molecule has 0 saturated heterocycles. The van der Waals surface area contributed by atoms with Crippen molar-refractivity contribution >= 4 is 11.6 Å². The Morgan fingerprint density at radius 1 is 1.00 bits per heavy atom. The summed E-state index contributed by atoms with van der Waals surface area (Å²) in [6, 6.07) is 11.5. The summed E-state index contributed by atoms with van der Waals surface area (Å²) in [6.45, 7) is 0. The van der Waals surface area contributed by atoms with E-state index in [0.717, 1.165) is 5.56 Å². The first-order chi connectivity index (χ1) is 7.36. The van der Waals surface area contributed by atoms with Gasteiger partial charge in [0, 0.05) is 5.56 Å². The van der Waals surface area contributed by atoms with Gasteiger partial charge in [0.1, 0.15) is 0 Å². The van der Waals surface area contributed by atoms with Crippen molar-refractivity contribution < 1.29 is 0 Å². The summed E-state index contributed by atoms with van der Waals surface area (Å²) in [6.07, 6.45) is 1.57. The van der Waals surface area contributed by atoms with Crippen LogP contribution >= 0.6 is 11.6 Å². The Labute approximate surface area is 92.9 Å². The topological polar surface area (TPSA) is 25.8 Å². The van der Waals surface area contributed by atoms with Crippen molar-refractivity contribution in [1.29, 1.82) is 0 Å². The quantitative estimate of drug-likeness (QED) is 0.630. The summed E-state index contributed by atoms with van der Waals surface area (Å²) in [5, 5.41) is 7.69. The van der Waals surface area contributed by atoms with Crippen molar-refractivity contribution in [2.75, 3.05) is 0 Å². The number of nitrogens with zero attached hydrogens (tertiary/aromatic N) is 2. The molecule has 0 atom stereocenters. The van der Waals surface area contributed by atoms with Gasteiger partial charge in [0.05, 0.1) is 11.8 Å². The van der Waals surface area contributed by atoms with Gasteiger partial charge in [0.15, 0.2) is 5.15 Å². The third kappa shape index (κ3) is 2.55. The number of rotatable bonds is 0. The second-order valence-corrected chi connectivity index (χ2v) is 3.21. The van der Waals surface area contributed by atoms with Crippen LogP contribution in [0.2, 0.25) is 5.15 Å². The minimum absolute atomic E-state index is 0.334. The Bertz CT molecular complexity index is 512. The molecule has 0 fully saturated rings. The zero-order chi connectivity index (χ0) is 10.5. The lowest BCUT2D eigenvalue weighted by Gasteiger charge is -1.91. The molecule has 0 saturated carbocycles.